The smallest absolute Gasteiger partial charge is 0.261 e. The summed E-state index contributed by atoms with van der Waals surface area (Å²) in [4.78, 5) is 28.6. The van der Waals surface area contributed by atoms with Gasteiger partial charge in [-0.15, -0.1) is 0 Å². The van der Waals surface area contributed by atoms with Crippen molar-refractivity contribution >= 4 is 27.7 Å². The SMILES string of the molecule is CCCNC(=O)[C@H](Cc1ccccc1)N(Cc1cccc(Br)c1)C(=O)COc1ccc(C(C)C)cc1. The first kappa shape index (κ1) is 27.5. The summed E-state index contributed by atoms with van der Waals surface area (Å²) >= 11 is 3.51. The van der Waals surface area contributed by atoms with Crippen molar-refractivity contribution in [2.75, 3.05) is 13.2 Å². The Morgan fingerprint density at radius 1 is 0.944 bits per heavy atom. The van der Waals surface area contributed by atoms with Crippen molar-refractivity contribution in [3.63, 3.8) is 0 Å². The topological polar surface area (TPSA) is 58.6 Å². The second-order valence-corrected chi connectivity index (χ2v) is 10.1. The fourth-order valence-corrected chi connectivity index (χ4v) is 4.38. The van der Waals surface area contributed by atoms with Crippen LogP contribution in [0.5, 0.6) is 5.75 Å². The van der Waals surface area contributed by atoms with Gasteiger partial charge in [0.2, 0.25) is 5.91 Å². The largest absolute Gasteiger partial charge is 0.484 e. The molecule has 190 valence electrons. The average molecular weight is 552 g/mol. The van der Waals surface area contributed by atoms with Crippen LogP contribution in [0.3, 0.4) is 0 Å². The van der Waals surface area contributed by atoms with Gasteiger partial charge in [-0.05, 0) is 53.3 Å². The van der Waals surface area contributed by atoms with Gasteiger partial charge in [-0.25, -0.2) is 0 Å². The molecule has 0 aromatic heterocycles. The molecule has 0 spiro atoms. The molecule has 0 fully saturated rings. The van der Waals surface area contributed by atoms with Crippen LogP contribution in [0, 0.1) is 0 Å². The lowest BCUT2D eigenvalue weighted by molar-refractivity contribution is -0.142. The summed E-state index contributed by atoms with van der Waals surface area (Å²) in [5.41, 5.74) is 3.13. The van der Waals surface area contributed by atoms with E-state index in [1.54, 1.807) is 4.90 Å². The molecule has 5 nitrogen and oxygen atoms in total. The Bertz CT molecular complexity index is 1120. The van der Waals surface area contributed by atoms with Crippen molar-refractivity contribution in [1.29, 1.82) is 0 Å². The average Bonchev–Trinajstić information content (AvgIpc) is 2.88. The van der Waals surface area contributed by atoms with Crippen LogP contribution in [0.1, 0.15) is 49.8 Å². The Morgan fingerprint density at radius 2 is 1.64 bits per heavy atom. The molecule has 1 N–H and O–H groups in total. The molecule has 3 aromatic rings. The van der Waals surface area contributed by atoms with Gasteiger partial charge in [0.15, 0.2) is 6.61 Å². The summed E-state index contributed by atoms with van der Waals surface area (Å²) in [5, 5.41) is 2.99. The standard InChI is InChI=1S/C30H35BrN2O3/c1-4-17-32-30(35)28(19-23-9-6-5-7-10-23)33(20-24-11-8-12-26(31)18-24)29(34)21-36-27-15-13-25(14-16-27)22(2)3/h5-16,18,22,28H,4,17,19-21H2,1-3H3,(H,32,35)/t28-/m0/s1. The monoisotopic (exact) mass is 550 g/mol. The molecule has 3 aromatic carbocycles. The Morgan fingerprint density at radius 3 is 2.28 bits per heavy atom. The summed E-state index contributed by atoms with van der Waals surface area (Å²) in [6, 6.07) is 24.7. The molecular formula is C30H35BrN2O3. The number of rotatable bonds is 12. The van der Waals surface area contributed by atoms with Gasteiger partial charge in [-0.2, -0.15) is 0 Å². The van der Waals surface area contributed by atoms with E-state index in [4.69, 9.17) is 4.74 Å². The van der Waals surface area contributed by atoms with E-state index >= 15 is 0 Å². The minimum Gasteiger partial charge on any atom is -0.484 e. The number of benzene rings is 3. The molecule has 0 aliphatic carbocycles. The molecule has 6 heteroatoms. The second kappa shape index (κ2) is 13.8. The number of hydrogen-bond acceptors (Lipinski definition) is 3. The quantitative estimate of drug-likeness (QED) is 0.295. The molecule has 0 saturated carbocycles. The van der Waals surface area contributed by atoms with Crippen molar-refractivity contribution in [2.45, 2.75) is 52.1 Å². The maximum atomic E-state index is 13.6. The van der Waals surface area contributed by atoms with E-state index in [0.717, 1.165) is 22.0 Å². The third-order valence-electron chi connectivity index (χ3n) is 5.97. The van der Waals surface area contributed by atoms with Gasteiger partial charge in [-0.1, -0.05) is 91.3 Å². The zero-order valence-electron chi connectivity index (χ0n) is 21.2. The van der Waals surface area contributed by atoms with E-state index in [1.807, 2.05) is 85.8 Å². The van der Waals surface area contributed by atoms with Gasteiger partial charge >= 0.3 is 0 Å². The summed E-state index contributed by atoms with van der Waals surface area (Å²) < 4.78 is 6.79. The summed E-state index contributed by atoms with van der Waals surface area (Å²) in [7, 11) is 0. The van der Waals surface area contributed by atoms with Crippen molar-refractivity contribution < 1.29 is 14.3 Å². The Kier molecular flexibility index (Phi) is 10.6. The van der Waals surface area contributed by atoms with E-state index in [0.29, 0.717) is 31.2 Å². The number of ether oxygens (including phenoxy) is 1. The van der Waals surface area contributed by atoms with E-state index in [1.165, 1.54) is 5.56 Å². The van der Waals surface area contributed by atoms with Crippen molar-refractivity contribution in [2.24, 2.45) is 0 Å². The fourth-order valence-electron chi connectivity index (χ4n) is 3.93. The number of amides is 2. The second-order valence-electron chi connectivity index (χ2n) is 9.16. The first-order chi connectivity index (χ1) is 17.4. The summed E-state index contributed by atoms with van der Waals surface area (Å²) in [5.74, 6) is 0.646. The van der Waals surface area contributed by atoms with E-state index in [9.17, 15) is 9.59 Å². The highest BCUT2D eigenvalue weighted by molar-refractivity contribution is 9.10. The molecule has 1 atom stereocenters. The zero-order chi connectivity index (χ0) is 25.9. The summed E-state index contributed by atoms with van der Waals surface area (Å²) in [6.07, 6.45) is 1.23. The van der Waals surface area contributed by atoms with Gasteiger partial charge in [0.25, 0.3) is 5.91 Å². The minimum atomic E-state index is -0.669. The van der Waals surface area contributed by atoms with Crippen LogP contribution in [-0.2, 0) is 22.6 Å². The number of nitrogens with one attached hydrogen (secondary N) is 1. The van der Waals surface area contributed by atoms with E-state index in [2.05, 4.69) is 35.1 Å². The highest BCUT2D eigenvalue weighted by Gasteiger charge is 2.30. The Hall–Kier alpha value is -3.12. The normalized spacial score (nSPS) is 11.7. The number of hydrogen-bond donors (Lipinski definition) is 1. The molecule has 3 rings (SSSR count). The lowest BCUT2D eigenvalue weighted by Gasteiger charge is -2.31. The highest BCUT2D eigenvalue weighted by Crippen LogP contribution is 2.20. The predicted octanol–water partition coefficient (Wildman–Crippen LogP) is 6.12. The van der Waals surface area contributed by atoms with Crippen molar-refractivity contribution in [3.8, 4) is 5.75 Å². The van der Waals surface area contributed by atoms with Crippen molar-refractivity contribution in [1.82, 2.24) is 10.2 Å². The molecule has 0 unspecified atom stereocenters. The van der Waals surface area contributed by atoms with Gasteiger partial charge in [-0.3, -0.25) is 9.59 Å². The Balaban J connectivity index is 1.86. The van der Waals surface area contributed by atoms with Crippen LogP contribution < -0.4 is 10.1 Å². The Labute approximate surface area is 223 Å². The van der Waals surface area contributed by atoms with Crippen LogP contribution >= 0.6 is 15.9 Å². The first-order valence-electron chi connectivity index (χ1n) is 12.5. The fraction of sp³-hybridized carbons (Fsp3) is 0.333. The third-order valence-corrected chi connectivity index (χ3v) is 6.46. The zero-order valence-corrected chi connectivity index (χ0v) is 22.8. The summed E-state index contributed by atoms with van der Waals surface area (Å²) in [6.45, 7) is 6.98. The molecule has 0 heterocycles. The predicted molar refractivity (Wildman–Crippen MR) is 148 cm³/mol. The number of carbonyl (C=O) groups is 2. The van der Waals surface area contributed by atoms with Crippen LogP contribution in [0.15, 0.2) is 83.3 Å². The van der Waals surface area contributed by atoms with Gasteiger partial charge in [0, 0.05) is 24.0 Å². The lowest BCUT2D eigenvalue weighted by Crippen LogP contribution is -2.51. The number of carbonyl (C=O) groups excluding carboxylic acids is 2. The third kappa shape index (κ3) is 8.23. The first-order valence-corrected chi connectivity index (χ1v) is 13.2. The maximum Gasteiger partial charge on any atom is 0.261 e. The van der Waals surface area contributed by atoms with E-state index < -0.39 is 6.04 Å². The van der Waals surface area contributed by atoms with Gasteiger partial charge in [0.1, 0.15) is 11.8 Å². The number of nitrogens with zero attached hydrogens (tertiary/aromatic N) is 1. The van der Waals surface area contributed by atoms with Gasteiger partial charge < -0.3 is 15.0 Å². The minimum absolute atomic E-state index is 0.151. The molecular weight excluding hydrogens is 516 g/mol. The molecule has 0 radical (unpaired) electrons. The van der Waals surface area contributed by atoms with Gasteiger partial charge in [0.05, 0.1) is 0 Å². The molecule has 0 bridgehead atoms. The molecule has 2 amide bonds. The van der Waals surface area contributed by atoms with Crippen LogP contribution in [0.25, 0.3) is 0 Å². The lowest BCUT2D eigenvalue weighted by atomic mass is 10.0. The van der Waals surface area contributed by atoms with E-state index in [-0.39, 0.29) is 18.4 Å². The maximum absolute atomic E-state index is 13.6. The van der Waals surface area contributed by atoms with Crippen LogP contribution in [-0.4, -0.2) is 35.9 Å². The molecule has 36 heavy (non-hydrogen) atoms. The van der Waals surface area contributed by atoms with Crippen molar-refractivity contribution in [3.05, 3.63) is 100 Å². The highest BCUT2D eigenvalue weighted by atomic mass is 79.9. The van der Waals surface area contributed by atoms with Crippen LogP contribution in [0.4, 0.5) is 0 Å². The molecule has 0 aliphatic heterocycles. The molecule has 0 saturated heterocycles. The number of halogens is 1. The molecule has 0 aliphatic rings. The van der Waals surface area contributed by atoms with Crippen LogP contribution in [0.2, 0.25) is 0 Å².